The van der Waals surface area contributed by atoms with Gasteiger partial charge in [0, 0.05) is 13.2 Å². The summed E-state index contributed by atoms with van der Waals surface area (Å²) in [6.45, 7) is 10.9. The van der Waals surface area contributed by atoms with E-state index in [2.05, 4.69) is 57.3 Å². The van der Waals surface area contributed by atoms with E-state index < -0.39 is 0 Å². The number of rotatable bonds is 8. The monoisotopic (exact) mass is 263 g/mol. The van der Waals surface area contributed by atoms with E-state index in [0.717, 1.165) is 19.6 Å². The molecule has 0 spiro atoms. The Morgan fingerprint density at radius 2 is 1.74 bits per heavy atom. The minimum absolute atomic E-state index is 0.446. The van der Waals surface area contributed by atoms with Crippen LogP contribution in [0.2, 0.25) is 0 Å². The summed E-state index contributed by atoms with van der Waals surface area (Å²) in [5.41, 5.74) is 2.74. The Kier molecular flexibility index (Phi) is 7.11. The second kappa shape index (κ2) is 8.34. The fraction of sp³-hybridized carbons (Fsp3) is 0.647. The quantitative estimate of drug-likeness (QED) is 0.770. The first kappa shape index (κ1) is 16.2. The molecule has 1 aromatic rings. The third-order valence-electron chi connectivity index (χ3n) is 3.94. The molecule has 0 saturated carbocycles. The third kappa shape index (κ3) is 4.96. The van der Waals surface area contributed by atoms with Crippen molar-refractivity contribution in [3.05, 3.63) is 35.4 Å². The van der Waals surface area contributed by atoms with E-state index >= 15 is 0 Å². The van der Waals surface area contributed by atoms with Crippen LogP contribution in [-0.2, 0) is 11.2 Å². The van der Waals surface area contributed by atoms with Crippen molar-refractivity contribution in [2.45, 2.75) is 40.2 Å². The maximum absolute atomic E-state index is 5.12. The lowest BCUT2D eigenvalue weighted by Gasteiger charge is -2.28. The molecule has 2 atom stereocenters. The van der Waals surface area contributed by atoms with Gasteiger partial charge in [-0.05, 0) is 35.9 Å². The minimum atomic E-state index is 0.446. The van der Waals surface area contributed by atoms with Gasteiger partial charge in [-0.2, -0.15) is 0 Å². The van der Waals surface area contributed by atoms with E-state index in [1.807, 2.05) is 0 Å². The molecule has 0 amide bonds. The Morgan fingerprint density at radius 3 is 2.21 bits per heavy atom. The Morgan fingerprint density at radius 1 is 1.11 bits per heavy atom. The fourth-order valence-corrected chi connectivity index (χ4v) is 2.32. The van der Waals surface area contributed by atoms with Gasteiger partial charge in [0.05, 0.1) is 6.61 Å². The molecule has 0 aromatic heterocycles. The first-order valence-corrected chi connectivity index (χ1v) is 7.41. The van der Waals surface area contributed by atoms with Crippen molar-refractivity contribution in [2.75, 3.05) is 20.3 Å². The van der Waals surface area contributed by atoms with Gasteiger partial charge in [0.25, 0.3) is 0 Å². The minimum Gasteiger partial charge on any atom is -0.384 e. The van der Waals surface area contributed by atoms with E-state index in [-0.39, 0.29) is 0 Å². The smallest absolute Gasteiger partial charge is 0.0502 e. The van der Waals surface area contributed by atoms with Crippen LogP contribution < -0.4 is 5.32 Å². The molecule has 0 bridgehead atoms. The number of hydrogen-bond acceptors (Lipinski definition) is 2. The summed E-state index contributed by atoms with van der Waals surface area (Å²) in [7, 11) is 1.75. The highest BCUT2D eigenvalue weighted by atomic mass is 16.5. The Hall–Kier alpha value is -0.860. The second-order valence-corrected chi connectivity index (χ2v) is 5.62. The van der Waals surface area contributed by atoms with Crippen LogP contribution in [-0.4, -0.2) is 20.3 Å². The molecule has 0 fully saturated rings. The number of hydrogen-bond donors (Lipinski definition) is 1. The summed E-state index contributed by atoms with van der Waals surface area (Å²) in [5.74, 6) is 1.31. The maximum atomic E-state index is 5.12. The molecule has 0 radical (unpaired) electrons. The fourth-order valence-electron chi connectivity index (χ4n) is 2.32. The number of ether oxygens (including phenoxy) is 1. The molecule has 1 rings (SSSR count). The Labute approximate surface area is 118 Å². The molecule has 0 aliphatic carbocycles. The second-order valence-electron chi connectivity index (χ2n) is 5.62. The molecular formula is C17H29NO. The van der Waals surface area contributed by atoms with Gasteiger partial charge in [-0.1, -0.05) is 52.0 Å². The normalized spacial score (nSPS) is 14.6. The van der Waals surface area contributed by atoms with Crippen molar-refractivity contribution < 1.29 is 4.74 Å². The van der Waals surface area contributed by atoms with Crippen LogP contribution in [0.3, 0.4) is 0 Å². The van der Waals surface area contributed by atoms with Gasteiger partial charge in [-0.25, -0.2) is 0 Å². The molecule has 2 unspecified atom stereocenters. The first-order chi connectivity index (χ1) is 9.10. The number of nitrogens with one attached hydrogen (secondary N) is 1. The van der Waals surface area contributed by atoms with Crippen LogP contribution in [0.5, 0.6) is 0 Å². The average Bonchev–Trinajstić information content (AvgIpc) is 2.42. The highest BCUT2D eigenvalue weighted by molar-refractivity contribution is 5.25. The topological polar surface area (TPSA) is 21.3 Å². The van der Waals surface area contributed by atoms with Gasteiger partial charge in [0.1, 0.15) is 0 Å². The molecule has 0 saturated heterocycles. The maximum Gasteiger partial charge on any atom is 0.0502 e. The first-order valence-electron chi connectivity index (χ1n) is 7.41. The zero-order valence-electron chi connectivity index (χ0n) is 13.1. The lowest BCUT2D eigenvalue weighted by Crippen LogP contribution is -2.29. The molecule has 0 aliphatic rings. The van der Waals surface area contributed by atoms with Crippen molar-refractivity contribution in [3.8, 4) is 0 Å². The molecule has 2 nitrogen and oxygen atoms in total. The predicted molar refractivity (Wildman–Crippen MR) is 82.4 cm³/mol. The van der Waals surface area contributed by atoms with E-state index in [1.165, 1.54) is 11.1 Å². The highest BCUT2D eigenvalue weighted by Crippen LogP contribution is 2.27. The highest BCUT2D eigenvalue weighted by Gasteiger charge is 2.20. The van der Waals surface area contributed by atoms with Crippen LogP contribution >= 0.6 is 0 Å². The number of methoxy groups -OCH3 is 1. The summed E-state index contributed by atoms with van der Waals surface area (Å²) in [5, 5.41) is 3.62. The molecular weight excluding hydrogens is 234 g/mol. The summed E-state index contributed by atoms with van der Waals surface area (Å²) < 4.78 is 5.12. The zero-order valence-corrected chi connectivity index (χ0v) is 13.1. The summed E-state index contributed by atoms with van der Waals surface area (Å²) in [4.78, 5) is 0. The van der Waals surface area contributed by atoms with E-state index in [9.17, 15) is 0 Å². The van der Waals surface area contributed by atoms with Gasteiger partial charge in [0.15, 0.2) is 0 Å². The molecule has 0 heterocycles. The summed E-state index contributed by atoms with van der Waals surface area (Å²) in [6, 6.07) is 9.42. The third-order valence-corrected chi connectivity index (χ3v) is 3.94. The van der Waals surface area contributed by atoms with Gasteiger partial charge >= 0.3 is 0 Å². The largest absolute Gasteiger partial charge is 0.384 e. The van der Waals surface area contributed by atoms with Crippen molar-refractivity contribution in [1.82, 2.24) is 5.32 Å². The molecule has 0 aliphatic heterocycles. The predicted octanol–water partition coefficient (Wildman–Crippen LogP) is 3.82. The van der Waals surface area contributed by atoms with Gasteiger partial charge in [0.2, 0.25) is 0 Å². The lowest BCUT2D eigenvalue weighted by atomic mass is 9.85. The molecule has 1 N–H and O–H groups in total. The van der Waals surface area contributed by atoms with E-state index in [4.69, 9.17) is 4.74 Å². The van der Waals surface area contributed by atoms with Crippen molar-refractivity contribution in [2.24, 2.45) is 11.8 Å². The zero-order chi connectivity index (χ0) is 14.3. The van der Waals surface area contributed by atoms with Gasteiger partial charge in [-0.3, -0.25) is 0 Å². The Balaban J connectivity index is 2.79. The molecule has 2 heteroatoms. The SMILES string of the molecule is CCNC(c1ccc(CCOC)cc1)C(C)C(C)C. The van der Waals surface area contributed by atoms with Crippen LogP contribution in [0.15, 0.2) is 24.3 Å². The van der Waals surface area contributed by atoms with Gasteiger partial charge < -0.3 is 10.1 Å². The van der Waals surface area contributed by atoms with Crippen molar-refractivity contribution >= 4 is 0 Å². The van der Waals surface area contributed by atoms with Crippen molar-refractivity contribution in [3.63, 3.8) is 0 Å². The van der Waals surface area contributed by atoms with Crippen LogP contribution in [0.25, 0.3) is 0 Å². The Bertz CT molecular complexity index is 345. The lowest BCUT2D eigenvalue weighted by molar-refractivity contribution is 0.202. The van der Waals surface area contributed by atoms with Crippen LogP contribution in [0.1, 0.15) is 44.9 Å². The van der Waals surface area contributed by atoms with Crippen molar-refractivity contribution in [1.29, 1.82) is 0 Å². The van der Waals surface area contributed by atoms with E-state index in [0.29, 0.717) is 17.9 Å². The molecule has 1 aromatic carbocycles. The number of benzene rings is 1. The summed E-state index contributed by atoms with van der Waals surface area (Å²) >= 11 is 0. The van der Waals surface area contributed by atoms with Crippen LogP contribution in [0, 0.1) is 11.8 Å². The van der Waals surface area contributed by atoms with Gasteiger partial charge in [-0.15, -0.1) is 0 Å². The standard InChI is InChI=1S/C17H29NO/c1-6-18-17(14(4)13(2)3)16-9-7-15(8-10-16)11-12-19-5/h7-10,13-14,17-18H,6,11-12H2,1-5H3. The van der Waals surface area contributed by atoms with E-state index in [1.54, 1.807) is 7.11 Å². The summed E-state index contributed by atoms with van der Waals surface area (Å²) in [6.07, 6.45) is 0.988. The average molecular weight is 263 g/mol. The van der Waals surface area contributed by atoms with Crippen LogP contribution in [0.4, 0.5) is 0 Å². The molecule has 19 heavy (non-hydrogen) atoms. The molecule has 108 valence electrons.